The molecule has 0 unspecified atom stereocenters. The van der Waals surface area contributed by atoms with Crippen molar-refractivity contribution in [1.82, 2.24) is 0 Å². The Bertz CT molecular complexity index is 863. The van der Waals surface area contributed by atoms with Gasteiger partial charge in [0.2, 0.25) is 11.8 Å². The van der Waals surface area contributed by atoms with Crippen molar-refractivity contribution in [2.75, 3.05) is 23.5 Å². The maximum Gasteiger partial charge on any atom is 0.237 e. The number of ether oxygens (including phenoxy) is 1. The molecule has 2 amide bonds. The van der Waals surface area contributed by atoms with Crippen molar-refractivity contribution in [1.29, 1.82) is 0 Å². The predicted molar refractivity (Wildman–Crippen MR) is 117 cm³/mol. The number of thioether (sulfide) groups is 1. The maximum absolute atomic E-state index is 12.9. The molecule has 0 saturated carbocycles. The molecule has 2 rings (SSSR count). The standard InChI is InChI=1S/C22H27FN2O3S/c1-14(29-13-20(26)24-17-9-7-16(23)8-10-17)21(27)25-18-12-15(22(2,3)4)6-11-19(18)28-5/h6-12,14H,13H2,1-5H3,(H,24,26)(H,25,27)/t14-/m0/s1. The molecule has 29 heavy (non-hydrogen) atoms. The van der Waals surface area contributed by atoms with Crippen LogP contribution in [0.4, 0.5) is 15.8 Å². The van der Waals surface area contributed by atoms with E-state index < -0.39 is 5.25 Å². The SMILES string of the molecule is COc1ccc(C(C)(C)C)cc1NC(=O)[C@H](C)SCC(=O)Nc1ccc(F)cc1. The van der Waals surface area contributed by atoms with Gasteiger partial charge < -0.3 is 15.4 Å². The van der Waals surface area contributed by atoms with Crippen LogP contribution in [-0.2, 0) is 15.0 Å². The minimum Gasteiger partial charge on any atom is -0.495 e. The fraction of sp³-hybridized carbons (Fsp3) is 0.364. The van der Waals surface area contributed by atoms with E-state index in [1.807, 2.05) is 18.2 Å². The molecule has 2 aromatic carbocycles. The van der Waals surface area contributed by atoms with E-state index >= 15 is 0 Å². The normalized spacial score (nSPS) is 12.2. The topological polar surface area (TPSA) is 67.4 Å². The van der Waals surface area contributed by atoms with Crippen molar-refractivity contribution in [2.45, 2.75) is 38.4 Å². The molecule has 0 aliphatic rings. The summed E-state index contributed by atoms with van der Waals surface area (Å²) in [5, 5.41) is 5.13. The second kappa shape index (κ2) is 9.78. The lowest BCUT2D eigenvalue weighted by molar-refractivity contribution is -0.115. The molecule has 2 aromatic rings. The van der Waals surface area contributed by atoms with Crippen molar-refractivity contribution in [3.05, 3.63) is 53.8 Å². The van der Waals surface area contributed by atoms with E-state index in [1.165, 1.54) is 36.0 Å². The second-order valence-electron chi connectivity index (χ2n) is 7.66. The third-order valence-electron chi connectivity index (χ3n) is 4.29. The predicted octanol–water partition coefficient (Wildman–Crippen LogP) is 4.83. The van der Waals surface area contributed by atoms with Gasteiger partial charge in [-0.3, -0.25) is 9.59 Å². The Balaban J connectivity index is 1.94. The van der Waals surface area contributed by atoms with E-state index in [-0.39, 0.29) is 28.8 Å². The molecule has 0 aromatic heterocycles. The smallest absolute Gasteiger partial charge is 0.237 e. The molecule has 2 N–H and O–H groups in total. The highest BCUT2D eigenvalue weighted by Crippen LogP contribution is 2.32. The van der Waals surface area contributed by atoms with Crippen LogP contribution >= 0.6 is 11.8 Å². The lowest BCUT2D eigenvalue weighted by Gasteiger charge is -2.22. The van der Waals surface area contributed by atoms with Crippen LogP contribution in [0.15, 0.2) is 42.5 Å². The van der Waals surface area contributed by atoms with Gasteiger partial charge in [0.25, 0.3) is 0 Å². The Labute approximate surface area is 175 Å². The number of rotatable bonds is 7. The van der Waals surface area contributed by atoms with E-state index in [4.69, 9.17) is 4.74 Å². The molecule has 0 heterocycles. The minimum atomic E-state index is -0.447. The number of nitrogens with one attached hydrogen (secondary N) is 2. The average molecular weight is 419 g/mol. The lowest BCUT2D eigenvalue weighted by Crippen LogP contribution is -2.25. The monoisotopic (exact) mass is 418 g/mol. The highest BCUT2D eigenvalue weighted by Gasteiger charge is 2.20. The third-order valence-corrected chi connectivity index (χ3v) is 5.43. The molecule has 5 nitrogen and oxygen atoms in total. The van der Waals surface area contributed by atoms with Gasteiger partial charge in [-0.25, -0.2) is 4.39 Å². The number of carbonyl (C=O) groups excluding carboxylic acids is 2. The van der Waals surface area contributed by atoms with Crippen LogP contribution in [0.5, 0.6) is 5.75 Å². The summed E-state index contributed by atoms with van der Waals surface area (Å²) in [6, 6.07) is 11.3. The summed E-state index contributed by atoms with van der Waals surface area (Å²) in [5.74, 6) is -0.153. The molecule has 0 fully saturated rings. The highest BCUT2D eigenvalue weighted by molar-refractivity contribution is 8.01. The van der Waals surface area contributed by atoms with Crippen molar-refractivity contribution in [3.63, 3.8) is 0 Å². The maximum atomic E-state index is 12.9. The number of hydrogen-bond acceptors (Lipinski definition) is 4. The zero-order valence-electron chi connectivity index (χ0n) is 17.3. The van der Waals surface area contributed by atoms with Crippen molar-refractivity contribution in [3.8, 4) is 5.75 Å². The van der Waals surface area contributed by atoms with Gasteiger partial charge in [-0.2, -0.15) is 0 Å². The minimum absolute atomic E-state index is 0.0649. The zero-order valence-corrected chi connectivity index (χ0v) is 18.2. The molecule has 1 atom stereocenters. The van der Waals surface area contributed by atoms with Crippen LogP contribution < -0.4 is 15.4 Å². The molecule has 0 spiro atoms. The molecule has 156 valence electrons. The second-order valence-corrected chi connectivity index (χ2v) is 8.99. The number of benzene rings is 2. The first kappa shape index (κ1) is 22.7. The molecular formula is C22H27FN2O3S. The van der Waals surface area contributed by atoms with Crippen molar-refractivity contribution < 1.29 is 18.7 Å². The van der Waals surface area contributed by atoms with Crippen LogP contribution in [0.3, 0.4) is 0 Å². The molecule has 0 radical (unpaired) electrons. The van der Waals surface area contributed by atoms with E-state index in [1.54, 1.807) is 14.0 Å². The Hall–Kier alpha value is -2.54. The van der Waals surface area contributed by atoms with Crippen LogP contribution in [0, 0.1) is 5.82 Å². The van der Waals surface area contributed by atoms with Crippen LogP contribution in [-0.4, -0.2) is 29.9 Å². The molecule has 0 saturated heterocycles. The number of anilines is 2. The fourth-order valence-electron chi connectivity index (χ4n) is 2.51. The zero-order chi connectivity index (χ0) is 21.6. The Morgan fingerprint density at radius 1 is 1.10 bits per heavy atom. The summed E-state index contributed by atoms with van der Waals surface area (Å²) >= 11 is 1.22. The van der Waals surface area contributed by atoms with Crippen LogP contribution in [0.25, 0.3) is 0 Å². The van der Waals surface area contributed by atoms with Crippen LogP contribution in [0.1, 0.15) is 33.3 Å². The summed E-state index contributed by atoms with van der Waals surface area (Å²) < 4.78 is 18.3. The van der Waals surface area contributed by atoms with E-state index in [9.17, 15) is 14.0 Å². The molecular weight excluding hydrogens is 391 g/mol. The van der Waals surface area contributed by atoms with Gasteiger partial charge in [-0.15, -0.1) is 11.8 Å². The van der Waals surface area contributed by atoms with Gasteiger partial charge in [0.1, 0.15) is 11.6 Å². The van der Waals surface area contributed by atoms with Gasteiger partial charge in [0.05, 0.1) is 23.8 Å². The first-order chi connectivity index (χ1) is 13.6. The van der Waals surface area contributed by atoms with Gasteiger partial charge in [0, 0.05) is 5.69 Å². The number of hydrogen-bond donors (Lipinski definition) is 2. The first-order valence-corrected chi connectivity index (χ1v) is 10.3. The number of amides is 2. The molecule has 0 bridgehead atoms. The highest BCUT2D eigenvalue weighted by atomic mass is 32.2. The molecule has 0 aliphatic carbocycles. The lowest BCUT2D eigenvalue weighted by atomic mass is 9.87. The first-order valence-electron chi connectivity index (χ1n) is 9.26. The Kier molecular flexibility index (Phi) is 7.67. The Morgan fingerprint density at radius 2 is 1.76 bits per heavy atom. The summed E-state index contributed by atoms with van der Waals surface area (Å²) in [6.45, 7) is 8.03. The number of halogens is 1. The van der Waals surface area contributed by atoms with Crippen molar-refractivity contribution >= 4 is 35.0 Å². The average Bonchev–Trinajstić information content (AvgIpc) is 2.67. The van der Waals surface area contributed by atoms with Gasteiger partial charge in [0.15, 0.2) is 0 Å². The summed E-state index contributed by atoms with van der Waals surface area (Å²) in [4.78, 5) is 24.6. The quantitative estimate of drug-likeness (QED) is 0.676. The van der Waals surface area contributed by atoms with Gasteiger partial charge in [-0.05, 0) is 54.3 Å². The molecule has 7 heteroatoms. The van der Waals surface area contributed by atoms with Gasteiger partial charge in [-0.1, -0.05) is 26.8 Å². The molecule has 0 aliphatic heterocycles. The third kappa shape index (κ3) is 6.78. The summed E-state index contributed by atoms with van der Waals surface area (Å²) in [7, 11) is 1.56. The van der Waals surface area contributed by atoms with Crippen molar-refractivity contribution in [2.24, 2.45) is 0 Å². The van der Waals surface area contributed by atoms with Gasteiger partial charge >= 0.3 is 0 Å². The number of methoxy groups -OCH3 is 1. The van der Waals surface area contributed by atoms with E-state index in [0.717, 1.165) is 5.56 Å². The van der Waals surface area contributed by atoms with Crippen LogP contribution in [0.2, 0.25) is 0 Å². The Morgan fingerprint density at radius 3 is 2.34 bits per heavy atom. The largest absolute Gasteiger partial charge is 0.495 e. The van der Waals surface area contributed by atoms with E-state index in [2.05, 4.69) is 31.4 Å². The fourth-order valence-corrected chi connectivity index (χ4v) is 3.20. The van der Waals surface area contributed by atoms with E-state index in [0.29, 0.717) is 17.1 Å². The summed E-state index contributed by atoms with van der Waals surface area (Å²) in [6.07, 6.45) is 0. The number of carbonyl (C=O) groups is 2. The summed E-state index contributed by atoms with van der Waals surface area (Å²) in [5.41, 5.74) is 2.13.